The maximum atomic E-state index is 11.5. The molecule has 2 aromatic carbocycles. The van der Waals surface area contributed by atoms with Gasteiger partial charge < -0.3 is 14.6 Å². The van der Waals surface area contributed by atoms with Gasteiger partial charge in [0.2, 0.25) is 6.79 Å². The Labute approximate surface area is 126 Å². The second-order valence-corrected chi connectivity index (χ2v) is 4.92. The van der Waals surface area contributed by atoms with E-state index in [4.69, 9.17) is 21.1 Å². The van der Waals surface area contributed by atoms with Crippen molar-refractivity contribution in [3.63, 3.8) is 0 Å². The van der Waals surface area contributed by atoms with Crippen LogP contribution in [-0.4, -0.2) is 17.9 Å². The molecule has 5 heteroatoms. The highest BCUT2D eigenvalue weighted by Crippen LogP contribution is 2.33. The number of ether oxygens (including phenoxy) is 2. The highest BCUT2D eigenvalue weighted by atomic mass is 35.5. The van der Waals surface area contributed by atoms with E-state index in [-0.39, 0.29) is 12.4 Å². The Kier molecular flexibility index (Phi) is 3.54. The van der Waals surface area contributed by atoms with Crippen LogP contribution in [0.15, 0.2) is 42.5 Å². The molecule has 0 saturated heterocycles. The van der Waals surface area contributed by atoms with Crippen LogP contribution < -0.4 is 9.47 Å². The van der Waals surface area contributed by atoms with Gasteiger partial charge in [0, 0.05) is 5.02 Å². The molecule has 4 nitrogen and oxygen atoms in total. The van der Waals surface area contributed by atoms with E-state index in [2.05, 4.69) is 0 Å². The molecule has 1 aliphatic rings. The van der Waals surface area contributed by atoms with Crippen molar-refractivity contribution >= 4 is 29.2 Å². The van der Waals surface area contributed by atoms with Gasteiger partial charge in [-0.05, 0) is 41.5 Å². The van der Waals surface area contributed by atoms with E-state index < -0.39 is 5.97 Å². The lowest BCUT2D eigenvalue weighted by atomic mass is 10.0. The minimum atomic E-state index is -1.00. The Bertz CT molecular complexity index is 720. The normalized spacial score (nSPS) is 13.3. The van der Waals surface area contributed by atoms with Gasteiger partial charge in [-0.1, -0.05) is 29.8 Å². The topological polar surface area (TPSA) is 55.8 Å². The summed E-state index contributed by atoms with van der Waals surface area (Å²) in [7, 11) is 0. The summed E-state index contributed by atoms with van der Waals surface area (Å²) < 4.78 is 10.5. The summed E-state index contributed by atoms with van der Waals surface area (Å²) in [6.07, 6.45) is 1.59. The van der Waals surface area contributed by atoms with Gasteiger partial charge in [-0.15, -0.1) is 0 Å². The van der Waals surface area contributed by atoms with Gasteiger partial charge in [0.1, 0.15) is 0 Å². The molecule has 106 valence electrons. The van der Waals surface area contributed by atoms with Crippen LogP contribution in [0.4, 0.5) is 0 Å². The molecule has 0 spiro atoms. The Morgan fingerprint density at radius 2 is 1.81 bits per heavy atom. The summed E-state index contributed by atoms with van der Waals surface area (Å²) >= 11 is 5.82. The van der Waals surface area contributed by atoms with Gasteiger partial charge >= 0.3 is 5.97 Å². The summed E-state index contributed by atoms with van der Waals surface area (Å²) in [5.74, 6) is 0.273. The number of carboxylic acid groups (broad SMARTS) is 1. The third-order valence-corrected chi connectivity index (χ3v) is 3.35. The predicted molar refractivity (Wildman–Crippen MR) is 79.5 cm³/mol. The molecule has 0 bridgehead atoms. The summed E-state index contributed by atoms with van der Waals surface area (Å²) in [6, 6.07) is 12.0. The summed E-state index contributed by atoms with van der Waals surface area (Å²) in [4.78, 5) is 11.5. The van der Waals surface area contributed by atoms with Gasteiger partial charge in [-0.25, -0.2) is 4.79 Å². The van der Waals surface area contributed by atoms with E-state index in [0.29, 0.717) is 22.1 Å². The molecule has 1 aliphatic heterocycles. The van der Waals surface area contributed by atoms with Crippen LogP contribution in [0.25, 0.3) is 11.6 Å². The Morgan fingerprint density at radius 1 is 1.10 bits per heavy atom. The van der Waals surface area contributed by atoms with E-state index in [1.165, 1.54) is 0 Å². The van der Waals surface area contributed by atoms with Crippen LogP contribution in [0.3, 0.4) is 0 Å². The van der Waals surface area contributed by atoms with Crippen LogP contribution >= 0.6 is 11.6 Å². The molecule has 21 heavy (non-hydrogen) atoms. The first-order valence-corrected chi connectivity index (χ1v) is 6.62. The molecule has 0 atom stereocenters. The second kappa shape index (κ2) is 5.50. The minimum Gasteiger partial charge on any atom is -0.478 e. The van der Waals surface area contributed by atoms with Crippen molar-refractivity contribution in [2.45, 2.75) is 0 Å². The number of carbonyl (C=O) groups is 1. The summed E-state index contributed by atoms with van der Waals surface area (Å²) in [5.41, 5.74) is 1.50. The van der Waals surface area contributed by atoms with Crippen molar-refractivity contribution in [3.05, 3.63) is 58.6 Å². The number of aliphatic carboxylic acids is 1. The lowest BCUT2D eigenvalue weighted by Gasteiger charge is -2.04. The first kappa shape index (κ1) is 13.5. The average molecular weight is 303 g/mol. The fraction of sp³-hybridized carbons (Fsp3) is 0.0625. The molecular weight excluding hydrogens is 292 g/mol. The Balaban J connectivity index is 2.00. The molecule has 0 aliphatic carbocycles. The van der Waals surface area contributed by atoms with Crippen LogP contribution in [0.1, 0.15) is 11.1 Å². The largest absolute Gasteiger partial charge is 0.478 e. The van der Waals surface area contributed by atoms with E-state index in [9.17, 15) is 9.90 Å². The highest BCUT2D eigenvalue weighted by Gasteiger charge is 2.15. The predicted octanol–water partition coefficient (Wildman–Crippen LogP) is 3.69. The fourth-order valence-corrected chi connectivity index (χ4v) is 2.19. The van der Waals surface area contributed by atoms with Gasteiger partial charge in [0.15, 0.2) is 11.5 Å². The Hall–Kier alpha value is -2.46. The molecule has 0 amide bonds. The number of halogens is 1. The standard InChI is InChI=1S/C16H11ClO4/c17-12-4-2-11(3-5-12)13(16(18)19)7-10-1-6-14-15(8-10)21-9-20-14/h1-8H,9H2,(H,18,19)/b13-7-. The highest BCUT2D eigenvalue weighted by molar-refractivity contribution is 6.30. The SMILES string of the molecule is O=C(O)/C(=C\c1ccc2c(c1)OCO2)c1ccc(Cl)cc1. The molecule has 1 heterocycles. The second-order valence-electron chi connectivity index (χ2n) is 4.48. The zero-order chi connectivity index (χ0) is 14.8. The van der Waals surface area contributed by atoms with E-state index in [1.54, 1.807) is 48.5 Å². The van der Waals surface area contributed by atoms with E-state index in [0.717, 1.165) is 5.56 Å². The average Bonchev–Trinajstić information content (AvgIpc) is 2.93. The van der Waals surface area contributed by atoms with Crippen molar-refractivity contribution in [1.29, 1.82) is 0 Å². The first-order valence-electron chi connectivity index (χ1n) is 6.24. The van der Waals surface area contributed by atoms with Crippen molar-refractivity contribution in [2.24, 2.45) is 0 Å². The fourth-order valence-electron chi connectivity index (χ4n) is 2.07. The molecule has 2 aromatic rings. The van der Waals surface area contributed by atoms with Crippen LogP contribution in [0.2, 0.25) is 5.02 Å². The zero-order valence-corrected chi connectivity index (χ0v) is 11.6. The third kappa shape index (κ3) is 2.85. The maximum Gasteiger partial charge on any atom is 0.336 e. The quantitative estimate of drug-likeness (QED) is 0.694. The molecule has 0 unspecified atom stereocenters. The third-order valence-electron chi connectivity index (χ3n) is 3.09. The van der Waals surface area contributed by atoms with Gasteiger partial charge in [-0.3, -0.25) is 0 Å². The summed E-state index contributed by atoms with van der Waals surface area (Å²) in [5, 5.41) is 9.96. The minimum absolute atomic E-state index is 0.186. The molecule has 0 aromatic heterocycles. The molecule has 0 fully saturated rings. The van der Waals surface area contributed by atoms with Crippen LogP contribution in [0, 0.1) is 0 Å². The molecular formula is C16H11ClO4. The van der Waals surface area contributed by atoms with E-state index in [1.807, 2.05) is 0 Å². The first-order chi connectivity index (χ1) is 10.1. The van der Waals surface area contributed by atoms with Crippen molar-refractivity contribution in [2.75, 3.05) is 6.79 Å². The van der Waals surface area contributed by atoms with Gasteiger partial charge in [0.05, 0.1) is 5.57 Å². The number of hydrogen-bond acceptors (Lipinski definition) is 3. The zero-order valence-electron chi connectivity index (χ0n) is 10.9. The molecule has 1 N–H and O–H groups in total. The number of rotatable bonds is 3. The van der Waals surface area contributed by atoms with Gasteiger partial charge in [0.25, 0.3) is 0 Å². The lowest BCUT2D eigenvalue weighted by Crippen LogP contribution is -1.99. The molecule has 0 saturated carbocycles. The molecule has 0 radical (unpaired) electrons. The van der Waals surface area contributed by atoms with Crippen molar-refractivity contribution in [3.8, 4) is 11.5 Å². The maximum absolute atomic E-state index is 11.5. The van der Waals surface area contributed by atoms with Crippen LogP contribution in [0.5, 0.6) is 11.5 Å². The monoisotopic (exact) mass is 302 g/mol. The van der Waals surface area contributed by atoms with E-state index >= 15 is 0 Å². The number of hydrogen-bond donors (Lipinski definition) is 1. The number of carboxylic acids is 1. The Morgan fingerprint density at radius 3 is 2.52 bits per heavy atom. The lowest BCUT2D eigenvalue weighted by molar-refractivity contribution is -0.130. The van der Waals surface area contributed by atoms with Crippen molar-refractivity contribution in [1.82, 2.24) is 0 Å². The van der Waals surface area contributed by atoms with Gasteiger partial charge in [-0.2, -0.15) is 0 Å². The summed E-state index contributed by atoms with van der Waals surface area (Å²) in [6.45, 7) is 0.186. The van der Waals surface area contributed by atoms with Crippen molar-refractivity contribution < 1.29 is 19.4 Å². The smallest absolute Gasteiger partial charge is 0.336 e. The number of benzene rings is 2. The number of fused-ring (bicyclic) bond motifs is 1. The van der Waals surface area contributed by atoms with Crippen LogP contribution in [-0.2, 0) is 4.79 Å². The molecule has 3 rings (SSSR count).